The van der Waals surface area contributed by atoms with Crippen LogP contribution in [0.2, 0.25) is 0 Å². The summed E-state index contributed by atoms with van der Waals surface area (Å²) >= 11 is 3.32. The van der Waals surface area contributed by atoms with Gasteiger partial charge in [-0.1, -0.05) is 22.0 Å². The SMILES string of the molecule is COc1cc(Br)ccc1C(NN)c1cc(F)ccc1F. The quantitative estimate of drug-likeness (QED) is 0.662. The Bertz CT molecular complexity index is 622. The minimum absolute atomic E-state index is 0.119. The average Bonchev–Trinajstić information content (AvgIpc) is 2.44. The molecule has 3 nitrogen and oxygen atoms in total. The summed E-state index contributed by atoms with van der Waals surface area (Å²) < 4.78 is 33.3. The molecule has 3 N–H and O–H groups in total. The van der Waals surface area contributed by atoms with Crippen LogP contribution in [0.15, 0.2) is 40.9 Å². The van der Waals surface area contributed by atoms with Crippen LogP contribution in [0.25, 0.3) is 0 Å². The summed E-state index contributed by atoms with van der Waals surface area (Å²) in [6.07, 6.45) is 0. The summed E-state index contributed by atoms with van der Waals surface area (Å²) in [6.45, 7) is 0. The van der Waals surface area contributed by atoms with Gasteiger partial charge in [0.05, 0.1) is 13.2 Å². The minimum atomic E-state index is -0.714. The van der Waals surface area contributed by atoms with E-state index in [1.807, 2.05) is 0 Å². The van der Waals surface area contributed by atoms with Crippen LogP contribution < -0.4 is 16.0 Å². The molecule has 0 amide bonds. The smallest absolute Gasteiger partial charge is 0.128 e. The molecule has 0 aliphatic heterocycles. The maximum Gasteiger partial charge on any atom is 0.128 e. The maximum atomic E-state index is 13.9. The zero-order chi connectivity index (χ0) is 14.7. The number of rotatable bonds is 4. The molecule has 0 aliphatic carbocycles. The van der Waals surface area contributed by atoms with Crippen molar-refractivity contribution in [3.8, 4) is 5.75 Å². The number of methoxy groups -OCH3 is 1. The minimum Gasteiger partial charge on any atom is -0.496 e. The summed E-state index contributed by atoms with van der Waals surface area (Å²) in [7, 11) is 1.50. The van der Waals surface area contributed by atoms with Crippen LogP contribution in [0, 0.1) is 11.6 Å². The Hall–Kier alpha value is -1.50. The van der Waals surface area contributed by atoms with Crippen molar-refractivity contribution in [2.75, 3.05) is 7.11 Å². The molecule has 2 aromatic carbocycles. The molecule has 0 saturated carbocycles. The fraction of sp³-hybridized carbons (Fsp3) is 0.143. The number of nitrogens with one attached hydrogen (secondary N) is 1. The van der Waals surface area contributed by atoms with Gasteiger partial charge in [-0.05, 0) is 30.3 Å². The Kier molecular flexibility index (Phi) is 4.69. The van der Waals surface area contributed by atoms with Crippen LogP contribution in [-0.2, 0) is 0 Å². The number of hydrogen-bond donors (Lipinski definition) is 2. The van der Waals surface area contributed by atoms with Gasteiger partial charge in [0.25, 0.3) is 0 Å². The van der Waals surface area contributed by atoms with Crippen molar-refractivity contribution >= 4 is 15.9 Å². The second kappa shape index (κ2) is 6.30. The van der Waals surface area contributed by atoms with Gasteiger partial charge in [-0.15, -0.1) is 0 Å². The predicted octanol–water partition coefficient (Wildman–Crippen LogP) is 3.29. The molecule has 6 heteroatoms. The van der Waals surface area contributed by atoms with Gasteiger partial charge < -0.3 is 4.74 Å². The largest absolute Gasteiger partial charge is 0.496 e. The Morgan fingerprint density at radius 3 is 2.55 bits per heavy atom. The summed E-state index contributed by atoms with van der Waals surface area (Å²) in [4.78, 5) is 0. The molecule has 0 saturated heterocycles. The van der Waals surface area contributed by atoms with Crippen molar-refractivity contribution in [2.24, 2.45) is 5.84 Å². The van der Waals surface area contributed by atoms with E-state index in [9.17, 15) is 8.78 Å². The van der Waals surface area contributed by atoms with Gasteiger partial charge in [-0.2, -0.15) is 0 Å². The number of nitrogens with two attached hydrogens (primary N) is 1. The second-order valence-corrected chi connectivity index (χ2v) is 5.07. The van der Waals surface area contributed by atoms with Gasteiger partial charge in [-0.25, -0.2) is 14.2 Å². The second-order valence-electron chi connectivity index (χ2n) is 4.15. The Morgan fingerprint density at radius 1 is 1.15 bits per heavy atom. The average molecular weight is 343 g/mol. The van der Waals surface area contributed by atoms with E-state index < -0.39 is 17.7 Å². The van der Waals surface area contributed by atoms with Gasteiger partial charge in [0, 0.05) is 15.6 Å². The lowest BCUT2D eigenvalue weighted by molar-refractivity contribution is 0.403. The van der Waals surface area contributed by atoms with Crippen molar-refractivity contribution in [1.29, 1.82) is 0 Å². The van der Waals surface area contributed by atoms with Crippen LogP contribution in [-0.4, -0.2) is 7.11 Å². The number of hydrazine groups is 1. The highest BCUT2D eigenvalue weighted by molar-refractivity contribution is 9.10. The molecular weight excluding hydrogens is 330 g/mol. The molecule has 0 aromatic heterocycles. The summed E-state index contributed by atoms with van der Waals surface area (Å²) in [6, 6.07) is 7.77. The van der Waals surface area contributed by atoms with E-state index in [-0.39, 0.29) is 5.56 Å². The first-order chi connectivity index (χ1) is 9.56. The summed E-state index contributed by atoms with van der Waals surface area (Å²) in [5.74, 6) is 4.96. The normalized spacial score (nSPS) is 12.2. The number of hydrogen-bond acceptors (Lipinski definition) is 3. The van der Waals surface area contributed by atoms with E-state index >= 15 is 0 Å². The van der Waals surface area contributed by atoms with Crippen molar-refractivity contribution in [2.45, 2.75) is 6.04 Å². The number of benzene rings is 2. The van der Waals surface area contributed by atoms with Crippen LogP contribution in [0.5, 0.6) is 5.75 Å². The highest BCUT2D eigenvalue weighted by atomic mass is 79.9. The molecule has 0 radical (unpaired) electrons. The van der Waals surface area contributed by atoms with Crippen LogP contribution in [0.4, 0.5) is 8.78 Å². The van der Waals surface area contributed by atoms with Gasteiger partial charge in [-0.3, -0.25) is 5.84 Å². The molecule has 1 atom stereocenters. The standard InChI is InChI=1S/C14H13BrF2N2O/c1-20-13-6-8(15)2-4-10(13)14(19-18)11-7-9(16)3-5-12(11)17/h2-7,14,19H,18H2,1H3. The van der Waals surface area contributed by atoms with Gasteiger partial charge >= 0.3 is 0 Å². The topological polar surface area (TPSA) is 47.3 Å². The van der Waals surface area contributed by atoms with E-state index in [1.54, 1.807) is 18.2 Å². The molecule has 106 valence electrons. The highest BCUT2D eigenvalue weighted by Crippen LogP contribution is 2.33. The molecule has 2 rings (SSSR count). The Balaban J connectivity index is 2.55. The molecule has 1 unspecified atom stereocenters. The zero-order valence-corrected chi connectivity index (χ0v) is 12.2. The third-order valence-electron chi connectivity index (χ3n) is 2.94. The van der Waals surface area contributed by atoms with Crippen LogP contribution in [0.3, 0.4) is 0 Å². The highest BCUT2D eigenvalue weighted by Gasteiger charge is 2.21. The molecule has 2 aromatic rings. The molecular formula is C14H13BrF2N2O. The van der Waals surface area contributed by atoms with E-state index in [2.05, 4.69) is 21.4 Å². The molecule has 0 spiro atoms. The zero-order valence-electron chi connectivity index (χ0n) is 10.7. The first kappa shape index (κ1) is 14.9. The molecule has 0 aliphatic rings. The lowest BCUT2D eigenvalue weighted by Gasteiger charge is -2.20. The van der Waals surface area contributed by atoms with Crippen LogP contribution >= 0.6 is 15.9 Å². The fourth-order valence-electron chi connectivity index (χ4n) is 2.01. The predicted molar refractivity (Wildman–Crippen MR) is 76.2 cm³/mol. The lowest BCUT2D eigenvalue weighted by Crippen LogP contribution is -2.30. The third-order valence-corrected chi connectivity index (χ3v) is 3.44. The van der Waals surface area contributed by atoms with E-state index in [1.165, 1.54) is 7.11 Å². The lowest BCUT2D eigenvalue weighted by atomic mass is 9.98. The first-order valence-corrected chi connectivity index (χ1v) is 6.60. The van der Waals surface area contributed by atoms with Crippen molar-refractivity contribution < 1.29 is 13.5 Å². The fourth-order valence-corrected chi connectivity index (χ4v) is 2.35. The number of ether oxygens (including phenoxy) is 1. The molecule has 0 bridgehead atoms. The monoisotopic (exact) mass is 342 g/mol. The Morgan fingerprint density at radius 2 is 1.90 bits per heavy atom. The molecule has 0 fully saturated rings. The molecule has 20 heavy (non-hydrogen) atoms. The van der Waals surface area contributed by atoms with Crippen molar-refractivity contribution in [1.82, 2.24) is 5.43 Å². The van der Waals surface area contributed by atoms with Gasteiger partial charge in [0.1, 0.15) is 17.4 Å². The van der Waals surface area contributed by atoms with Gasteiger partial charge in [0.2, 0.25) is 0 Å². The van der Waals surface area contributed by atoms with Crippen molar-refractivity contribution in [3.63, 3.8) is 0 Å². The van der Waals surface area contributed by atoms with E-state index in [0.29, 0.717) is 11.3 Å². The van der Waals surface area contributed by atoms with E-state index in [0.717, 1.165) is 22.7 Å². The summed E-state index contributed by atoms with van der Waals surface area (Å²) in [5, 5.41) is 0. The van der Waals surface area contributed by atoms with E-state index in [4.69, 9.17) is 10.6 Å². The Labute approximate surface area is 123 Å². The number of halogens is 3. The summed E-state index contributed by atoms with van der Waals surface area (Å²) in [5.41, 5.74) is 3.23. The van der Waals surface area contributed by atoms with Crippen LogP contribution in [0.1, 0.15) is 17.2 Å². The molecule has 0 heterocycles. The van der Waals surface area contributed by atoms with Gasteiger partial charge in [0.15, 0.2) is 0 Å². The first-order valence-electron chi connectivity index (χ1n) is 5.81. The van der Waals surface area contributed by atoms with Crippen molar-refractivity contribution in [3.05, 3.63) is 63.6 Å². The maximum absolute atomic E-state index is 13.9. The third kappa shape index (κ3) is 2.98.